The predicted octanol–water partition coefficient (Wildman–Crippen LogP) is 3.95. The predicted molar refractivity (Wildman–Crippen MR) is 103 cm³/mol. The summed E-state index contributed by atoms with van der Waals surface area (Å²) in [5.74, 6) is 1.93. The van der Waals surface area contributed by atoms with E-state index in [0.29, 0.717) is 23.0 Å². The summed E-state index contributed by atoms with van der Waals surface area (Å²) in [4.78, 5) is 11.8. The summed E-state index contributed by atoms with van der Waals surface area (Å²) < 4.78 is 25.9. The fourth-order valence-electron chi connectivity index (χ4n) is 2.30. The maximum Gasteiger partial charge on any atom is 0.335 e. The van der Waals surface area contributed by atoms with Gasteiger partial charge in [0, 0.05) is 6.08 Å². The highest BCUT2D eigenvalue weighted by atomic mass is 16.5. The summed E-state index contributed by atoms with van der Waals surface area (Å²) in [6, 6.07) is 10.7. The van der Waals surface area contributed by atoms with E-state index in [1.165, 1.54) is 12.3 Å². The Morgan fingerprint density at radius 2 is 1.19 bits per heavy atom. The molecule has 0 heterocycles. The van der Waals surface area contributed by atoms with Crippen LogP contribution in [0.3, 0.4) is 0 Å². The lowest BCUT2D eigenvalue weighted by Crippen LogP contribution is -1.94. The molecule has 0 unspecified atom stereocenters. The number of ether oxygens (including phenoxy) is 5. The van der Waals surface area contributed by atoms with Crippen LogP contribution in [0, 0.1) is 0 Å². The molecule has 0 saturated heterocycles. The molecule has 142 valence electrons. The minimum atomic E-state index is -0.499. The van der Waals surface area contributed by atoms with Gasteiger partial charge in [-0.25, -0.2) is 4.79 Å². The number of methoxy groups -OCH3 is 4. The van der Waals surface area contributed by atoms with Crippen LogP contribution < -0.4 is 18.9 Å². The van der Waals surface area contributed by atoms with Crippen LogP contribution in [0.1, 0.15) is 11.1 Å². The number of benzene rings is 2. The summed E-state index contributed by atoms with van der Waals surface area (Å²) in [7, 11) is 6.25. The summed E-state index contributed by atoms with van der Waals surface area (Å²) >= 11 is 0. The fraction of sp³-hybridized carbons (Fsp3) is 0.190. The summed E-state index contributed by atoms with van der Waals surface area (Å²) in [6.45, 7) is 0. The summed E-state index contributed by atoms with van der Waals surface area (Å²) in [6.07, 6.45) is 5.95. The van der Waals surface area contributed by atoms with Gasteiger partial charge in [-0.1, -0.05) is 12.1 Å². The average molecular weight is 370 g/mol. The fourth-order valence-corrected chi connectivity index (χ4v) is 2.30. The van der Waals surface area contributed by atoms with E-state index in [4.69, 9.17) is 23.7 Å². The Labute approximate surface area is 158 Å². The van der Waals surface area contributed by atoms with Gasteiger partial charge in [0.15, 0.2) is 23.0 Å². The second-order valence-corrected chi connectivity index (χ2v) is 5.30. The second-order valence-electron chi connectivity index (χ2n) is 5.30. The van der Waals surface area contributed by atoms with Crippen LogP contribution in [-0.2, 0) is 9.53 Å². The van der Waals surface area contributed by atoms with Gasteiger partial charge in [-0.2, -0.15) is 0 Å². The van der Waals surface area contributed by atoms with Gasteiger partial charge >= 0.3 is 5.97 Å². The molecule has 0 atom stereocenters. The zero-order chi connectivity index (χ0) is 19.6. The van der Waals surface area contributed by atoms with Gasteiger partial charge in [0.25, 0.3) is 0 Å². The van der Waals surface area contributed by atoms with Crippen molar-refractivity contribution in [2.24, 2.45) is 0 Å². The Hall–Kier alpha value is -3.41. The van der Waals surface area contributed by atoms with Gasteiger partial charge in [0.1, 0.15) is 0 Å². The number of esters is 1. The Morgan fingerprint density at radius 3 is 1.67 bits per heavy atom. The molecule has 0 saturated carbocycles. The highest BCUT2D eigenvalue weighted by Gasteiger charge is 2.04. The van der Waals surface area contributed by atoms with Crippen LogP contribution >= 0.6 is 0 Å². The largest absolute Gasteiger partial charge is 0.493 e. The molecule has 0 radical (unpaired) electrons. The lowest BCUT2D eigenvalue weighted by Gasteiger charge is -2.07. The summed E-state index contributed by atoms with van der Waals surface area (Å²) in [5, 5.41) is 0. The number of carbonyl (C=O) groups is 1. The third kappa shape index (κ3) is 5.54. The van der Waals surface area contributed by atoms with E-state index in [1.807, 2.05) is 12.1 Å². The first-order chi connectivity index (χ1) is 13.1. The Morgan fingerprint density at radius 1 is 0.704 bits per heavy atom. The maximum absolute atomic E-state index is 11.8. The molecule has 6 heteroatoms. The van der Waals surface area contributed by atoms with Crippen molar-refractivity contribution in [1.29, 1.82) is 0 Å². The molecular weight excluding hydrogens is 348 g/mol. The molecule has 2 aromatic rings. The molecule has 2 rings (SSSR count). The molecule has 0 spiro atoms. The Kier molecular flexibility index (Phi) is 7.31. The minimum Gasteiger partial charge on any atom is -0.493 e. The van der Waals surface area contributed by atoms with E-state index < -0.39 is 5.97 Å². The van der Waals surface area contributed by atoms with Crippen molar-refractivity contribution in [2.75, 3.05) is 28.4 Å². The molecule has 6 nitrogen and oxygen atoms in total. The van der Waals surface area contributed by atoms with E-state index in [-0.39, 0.29) is 0 Å². The normalized spacial score (nSPS) is 10.8. The third-order valence-electron chi connectivity index (χ3n) is 3.67. The zero-order valence-corrected chi connectivity index (χ0v) is 15.7. The van der Waals surface area contributed by atoms with E-state index in [1.54, 1.807) is 64.9 Å². The first-order valence-corrected chi connectivity index (χ1v) is 8.10. The SMILES string of the molecule is COc1ccc(C=COC(=O)C=Cc2ccc(OC)c(OC)c2)cc1OC. The minimum absolute atomic E-state index is 0.499. The topological polar surface area (TPSA) is 63.2 Å². The van der Waals surface area contributed by atoms with Crippen molar-refractivity contribution < 1.29 is 28.5 Å². The molecular formula is C21H22O6. The first kappa shape index (κ1) is 19.9. The lowest BCUT2D eigenvalue weighted by atomic mass is 10.2. The monoisotopic (exact) mass is 370 g/mol. The van der Waals surface area contributed by atoms with E-state index >= 15 is 0 Å². The van der Waals surface area contributed by atoms with Crippen LogP contribution in [0.15, 0.2) is 48.7 Å². The third-order valence-corrected chi connectivity index (χ3v) is 3.67. The standard InChI is InChI=1S/C21H22O6/c1-23-17-8-5-15(13-19(17)25-3)7-10-21(22)27-12-11-16-6-9-18(24-2)20(14-16)26-4/h5-14H,1-4H3. The quantitative estimate of drug-likeness (QED) is 0.398. The number of rotatable bonds is 8. The number of hydrogen-bond donors (Lipinski definition) is 0. The van der Waals surface area contributed by atoms with Crippen LogP contribution in [0.2, 0.25) is 0 Å². The smallest absolute Gasteiger partial charge is 0.335 e. The Balaban J connectivity index is 1.98. The van der Waals surface area contributed by atoms with E-state index in [2.05, 4.69) is 0 Å². The van der Waals surface area contributed by atoms with Crippen molar-refractivity contribution in [2.45, 2.75) is 0 Å². The number of hydrogen-bond acceptors (Lipinski definition) is 6. The average Bonchev–Trinajstić information content (AvgIpc) is 2.71. The second kappa shape index (κ2) is 9.91. The highest BCUT2D eigenvalue weighted by Crippen LogP contribution is 2.28. The van der Waals surface area contributed by atoms with Crippen LogP contribution in [0.25, 0.3) is 12.2 Å². The number of carbonyl (C=O) groups excluding carboxylic acids is 1. The molecule has 0 fully saturated rings. The molecule has 0 aromatic heterocycles. The van der Waals surface area contributed by atoms with Gasteiger partial charge in [-0.15, -0.1) is 0 Å². The van der Waals surface area contributed by atoms with E-state index in [9.17, 15) is 4.79 Å². The van der Waals surface area contributed by atoms with Gasteiger partial charge in [-0.3, -0.25) is 0 Å². The summed E-state index contributed by atoms with van der Waals surface area (Å²) in [5.41, 5.74) is 1.60. The van der Waals surface area contributed by atoms with Gasteiger partial charge in [-0.05, 0) is 47.5 Å². The lowest BCUT2D eigenvalue weighted by molar-refractivity contribution is -0.132. The first-order valence-electron chi connectivity index (χ1n) is 8.10. The van der Waals surface area contributed by atoms with Crippen LogP contribution in [0.4, 0.5) is 0 Å². The molecule has 0 amide bonds. The van der Waals surface area contributed by atoms with Crippen molar-refractivity contribution in [1.82, 2.24) is 0 Å². The van der Waals surface area contributed by atoms with Crippen molar-refractivity contribution in [3.8, 4) is 23.0 Å². The van der Waals surface area contributed by atoms with Crippen molar-refractivity contribution in [3.63, 3.8) is 0 Å². The van der Waals surface area contributed by atoms with Crippen LogP contribution in [-0.4, -0.2) is 34.4 Å². The van der Waals surface area contributed by atoms with Crippen molar-refractivity contribution in [3.05, 3.63) is 59.9 Å². The molecule has 27 heavy (non-hydrogen) atoms. The zero-order valence-electron chi connectivity index (χ0n) is 15.7. The molecule has 0 aliphatic carbocycles. The molecule has 0 N–H and O–H groups in total. The van der Waals surface area contributed by atoms with Gasteiger partial charge < -0.3 is 23.7 Å². The van der Waals surface area contributed by atoms with Crippen molar-refractivity contribution >= 4 is 18.1 Å². The molecule has 0 aliphatic heterocycles. The van der Waals surface area contributed by atoms with Gasteiger partial charge in [0.2, 0.25) is 0 Å². The maximum atomic E-state index is 11.8. The van der Waals surface area contributed by atoms with Gasteiger partial charge in [0.05, 0.1) is 34.7 Å². The van der Waals surface area contributed by atoms with Crippen LogP contribution in [0.5, 0.6) is 23.0 Å². The molecule has 0 bridgehead atoms. The Bertz CT molecular complexity index is 839. The molecule has 0 aliphatic rings. The highest BCUT2D eigenvalue weighted by molar-refractivity contribution is 5.87. The molecule has 2 aromatic carbocycles. The van der Waals surface area contributed by atoms with E-state index in [0.717, 1.165) is 11.1 Å².